The van der Waals surface area contributed by atoms with E-state index in [4.69, 9.17) is 4.52 Å². The van der Waals surface area contributed by atoms with Crippen molar-refractivity contribution in [3.63, 3.8) is 0 Å². The number of alkyl halides is 3. The number of hydrogen-bond donors (Lipinski definition) is 0. The highest BCUT2D eigenvalue weighted by Crippen LogP contribution is 2.39. The number of aromatic nitrogens is 2. The van der Waals surface area contributed by atoms with Crippen molar-refractivity contribution in [3.05, 3.63) is 42.1 Å². The topological polar surface area (TPSA) is 38.9 Å². The zero-order valence-corrected chi connectivity index (χ0v) is 11.1. The van der Waals surface area contributed by atoms with Crippen LogP contribution in [0.25, 0.3) is 5.57 Å². The van der Waals surface area contributed by atoms with E-state index in [1.165, 1.54) is 12.2 Å². The van der Waals surface area contributed by atoms with E-state index < -0.39 is 12.6 Å². The smallest absolute Gasteiger partial charge is 0.339 e. The molecule has 0 unspecified atom stereocenters. The molecule has 0 aromatic carbocycles. The Labute approximate surface area is 114 Å². The summed E-state index contributed by atoms with van der Waals surface area (Å²) < 4.78 is 42.0. The van der Waals surface area contributed by atoms with E-state index in [1.807, 2.05) is 0 Å². The maximum atomic E-state index is 12.3. The second-order valence-corrected chi connectivity index (χ2v) is 4.82. The fourth-order valence-electron chi connectivity index (χ4n) is 1.63. The first-order chi connectivity index (χ1) is 9.39. The van der Waals surface area contributed by atoms with Crippen molar-refractivity contribution in [1.29, 1.82) is 0 Å². The molecule has 0 spiro atoms. The first-order valence-corrected chi connectivity index (χ1v) is 6.29. The number of halogens is 3. The Morgan fingerprint density at radius 3 is 2.65 bits per heavy atom. The molecule has 1 aromatic heterocycles. The highest BCUT2D eigenvalue weighted by atomic mass is 19.4. The summed E-state index contributed by atoms with van der Waals surface area (Å²) in [5.41, 5.74) is 0.755. The fourth-order valence-corrected chi connectivity index (χ4v) is 1.63. The van der Waals surface area contributed by atoms with E-state index in [1.54, 1.807) is 13.0 Å². The second-order valence-electron chi connectivity index (χ2n) is 4.82. The van der Waals surface area contributed by atoms with E-state index in [-0.39, 0.29) is 5.57 Å². The first kappa shape index (κ1) is 14.6. The summed E-state index contributed by atoms with van der Waals surface area (Å²) >= 11 is 0. The molecular weight excluding hydrogens is 269 g/mol. The Bertz CT molecular complexity index is 551. The molecule has 0 amide bonds. The monoisotopic (exact) mass is 284 g/mol. The molecule has 1 aliphatic rings. The lowest BCUT2D eigenvalue weighted by Gasteiger charge is -2.05. The van der Waals surface area contributed by atoms with Crippen molar-refractivity contribution in [2.45, 2.75) is 38.3 Å². The van der Waals surface area contributed by atoms with Gasteiger partial charge in [-0.1, -0.05) is 30.0 Å². The molecule has 1 heterocycles. The van der Waals surface area contributed by atoms with Crippen LogP contribution in [0.5, 0.6) is 0 Å². The molecular formula is C14H15F3N2O. The van der Waals surface area contributed by atoms with E-state index in [9.17, 15) is 13.2 Å². The molecule has 108 valence electrons. The lowest BCUT2D eigenvalue weighted by atomic mass is 10.1. The van der Waals surface area contributed by atoms with Crippen LogP contribution >= 0.6 is 0 Å². The molecule has 6 heteroatoms. The summed E-state index contributed by atoms with van der Waals surface area (Å²) in [5, 5.41) is 3.82. The van der Waals surface area contributed by atoms with Gasteiger partial charge in [-0.15, -0.1) is 0 Å². The molecule has 0 radical (unpaired) electrons. The quantitative estimate of drug-likeness (QED) is 0.751. The van der Waals surface area contributed by atoms with Crippen LogP contribution in [0.3, 0.4) is 0 Å². The van der Waals surface area contributed by atoms with Crippen LogP contribution in [0.1, 0.15) is 43.8 Å². The zero-order valence-electron chi connectivity index (χ0n) is 11.1. The first-order valence-electron chi connectivity index (χ1n) is 6.29. The van der Waals surface area contributed by atoms with Crippen molar-refractivity contribution in [2.24, 2.45) is 0 Å². The van der Waals surface area contributed by atoms with Crippen molar-refractivity contribution >= 4 is 5.57 Å². The summed E-state index contributed by atoms with van der Waals surface area (Å²) in [6, 6.07) is 0. The van der Waals surface area contributed by atoms with Gasteiger partial charge >= 0.3 is 6.18 Å². The average Bonchev–Trinajstić information content (AvgIpc) is 3.10. The highest BCUT2D eigenvalue weighted by Gasteiger charge is 2.30. The van der Waals surface area contributed by atoms with Crippen LogP contribution < -0.4 is 0 Å². The summed E-state index contributed by atoms with van der Waals surface area (Å²) in [6.07, 6.45) is 0.982. The maximum absolute atomic E-state index is 12.3. The number of rotatable bonds is 5. The number of nitrogens with zero attached hydrogens (tertiary/aromatic N) is 2. The standard InChI is InChI=1S/C14H15F3N2O/c1-3-10(8-14(15,16)17)5-4-9(2)12-18-13(20-19-12)11-6-7-11/h3-5,11H,1,6-8H2,2H3/b9-4+,10-5+. The van der Waals surface area contributed by atoms with Crippen LogP contribution in [-0.4, -0.2) is 16.3 Å². The molecule has 0 atom stereocenters. The van der Waals surface area contributed by atoms with Gasteiger partial charge in [-0.2, -0.15) is 18.2 Å². The lowest BCUT2D eigenvalue weighted by Crippen LogP contribution is -2.07. The van der Waals surface area contributed by atoms with E-state index in [2.05, 4.69) is 16.7 Å². The lowest BCUT2D eigenvalue weighted by molar-refractivity contribution is -0.126. The zero-order chi connectivity index (χ0) is 14.8. The van der Waals surface area contributed by atoms with Gasteiger partial charge in [0.25, 0.3) is 0 Å². The number of hydrogen-bond acceptors (Lipinski definition) is 3. The molecule has 0 saturated heterocycles. The normalized spacial score (nSPS) is 17.4. The number of allylic oxidation sites excluding steroid dienone is 5. The van der Waals surface area contributed by atoms with Crippen molar-refractivity contribution in [1.82, 2.24) is 10.1 Å². The molecule has 20 heavy (non-hydrogen) atoms. The third kappa shape index (κ3) is 4.08. The van der Waals surface area contributed by atoms with Crippen LogP contribution in [0.15, 0.2) is 34.9 Å². The van der Waals surface area contributed by atoms with Crippen molar-refractivity contribution in [2.75, 3.05) is 0 Å². The van der Waals surface area contributed by atoms with Crippen molar-refractivity contribution in [3.8, 4) is 0 Å². The average molecular weight is 284 g/mol. The minimum atomic E-state index is -4.24. The maximum Gasteiger partial charge on any atom is 0.393 e. The summed E-state index contributed by atoms with van der Waals surface area (Å²) in [5.74, 6) is 1.38. The minimum absolute atomic E-state index is 0.0998. The third-order valence-electron chi connectivity index (χ3n) is 2.94. The molecule has 1 fully saturated rings. The molecule has 1 aliphatic carbocycles. The molecule has 0 bridgehead atoms. The predicted octanol–water partition coefficient (Wildman–Crippen LogP) is 4.42. The molecule has 1 aromatic rings. The SMILES string of the molecule is C=C/C(=C\C=C(/C)c1noc(C2CC2)n1)CC(F)(F)F. The molecule has 2 rings (SSSR count). The highest BCUT2D eigenvalue weighted by molar-refractivity contribution is 5.59. The fraction of sp³-hybridized carbons (Fsp3) is 0.429. The Balaban J connectivity index is 2.09. The van der Waals surface area contributed by atoms with E-state index >= 15 is 0 Å². The van der Waals surface area contributed by atoms with Gasteiger partial charge < -0.3 is 4.52 Å². The van der Waals surface area contributed by atoms with Gasteiger partial charge in [-0.3, -0.25) is 0 Å². The van der Waals surface area contributed by atoms with Gasteiger partial charge in [0.2, 0.25) is 5.89 Å². The van der Waals surface area contributed by atoms with E-state index in [0.29, 0.717) is 23.2 Å². The largest absolute Gasteiger partial charge is 0.393 e. The van der Waals surface area contributed by atoms with E-state index in [0.717, 1.165) is 12.8 Å². The molecule has 0 aliphatic heterocycles. The van der Waals surface area contributed by atoms with Gasteiger partial charge in [0.05, 0.1) is 6.42 Å². The predicted molar refractivity (Wildman–Crippen MR) is 68.9 cm³/mol. The van der Waals surface area contributed by atoms with Crippen LogP contribution in [0.4, 0.5) is 13.2 Å². The Hall–Kier alpha value is -1.85. The Morgan fingerprint density at radius 1 is 1.40 bits per heavy atom. The Morgan fingerprint density at radius 2 is 2.10 bits per heavy atom. The minimum Gasteiger partial charge on any atom is -0.339 e. The molecule has 1 saturated carbocycles. The molecule has 3 nitrogen and oxygen atoms in total. The summed E-state index contributed by atoms with van der Waals surface area (Å²) in [7, 11) is 0. The van der Waals surface area contributed by atoms with Crippen molar-refractivity contribution < 1.29 is 17.7 Å². The van der Waals surface area contributed by atoms with Gasteiger partial charge in [0.15, 0.2) is 5.82 Å². The van der Waals surface area contributed by atoms with Gasteiger partial charge in [-0.05, 0) is 30.9 Å². The molecule has 0 N–H and O–H groups in total. The second kappa shape index (κ2) is 5.64. The van der Waals surface area contributed by atoms with Gasteiger partial charge in [-0.25, -0.2) is 0 Å². The summed E-state index contributed by atoms with van der Waals surface area (Å²) in [4.78, 5) is 4.23. The van der Waals surface area contributed by atoms with Crippen LogP contribution in [0.2, 0.25) is 0 Å². The van der Waals surface area contributed by atoms with Gasteiger partial charge in [0.1, 0.15) is 0 Å². The van der Waals surface area contributed by atoms with Crippen LogP contribution in [-0.2, 0) is 0 Å². The summed E-state index contributed by atoms with van der Waals surface area (Å²) in [6.45, 7) is 5.11. The third-order valence-corrected chi connectivity index (χ3v) is 2.94. The Kier molecular flexibility index (Phi) is 4.11. The van der Waals surface area contributed by atoms with Gasteiger partial charge in [0, 0.05) is 5.92 Å². The van der Waals surface area contributed by atoms with Crippen LogP contribution in [0, 0.1) is 0 Å².